The molecule has 0 aromatic heterocycles. The number of nitrogens with one attached hydrogen (secondary N) is 1. The van der Waals surface area contributed by atoms with Crippen molar-refractivity contribution in [2.24, 2.45) is 4.99 Å². The molecule has 58 valence electrons. The Morgan fingerprint density at radius 3 is 2.80 bits per heavy atom. The van der Waals surface area contributed by atoms with Crippen LogP contribution in [-0.2, 0) is 0 Å². The van der Waals surface area contributed by atoms with Crippen molar-refractivity contribution < 1.29 is 0 Å². The van der Waals surface area contributed by atoms with E-state index < -0.39 is 0 Å². The second-order valence-electron chi connectivity index (χ2n) is 2.86. The van der Waals surface area contributed by atoms with Crippen molar-refractivity contribution in [1.82, 2.24) is 5.32 Å². The molecular weight excluding hydrogens is 144 g/mol. The minimum Gasteiger partial charge on any atom is -0.359 e. The van der Waals surface area contributed by atoms with Crippen LogP contribution in [0.5, 0.6) is 0 Å². The maximum Gasteiger partial charge on any atom is 0.156 e. The van der Waals surface area contributed by atoms with Gasteiger partial charge in [-0.2, -0.15) is 0 Å². The standard InChI is InChI=1S/C7H14N2S/c1-4-7(2)5-10-6(8-3)9-7/h4-5H2,1-3H3,(H,8,9). The number of aliphatic imine (C=N–C) groups is 1. The Hall–Kier alpha value is -0.180. The van der Waals surface area contributed by atoms with E-state index >= 15 is 0 Å². The summed E-state index contributed by atoms with van der Waals surface area (Å²) in [6, 6.07) is 0. The van der Waals surface area contributed by atoms with Gasteiger partial charge in [0.05, 0.1) is 0 Å². The number of amidine groups is 1. The molecule has 1 aliphatic rings. The highest BCUT2D eigenvalue weighted by molar-refractivity contribution is 8.14. The fourth-order valence-electron chi connectivity index (χ4n) is 0.869. The van der Waals surface area contributed by atoms with Crippen molar-refractivity contribution in [1.29, 1.82) is 0 Å². The van der Waals surface area contributed by atoms with Gasteiger partial charge in [0.15, 0.2) is 5.17 Å². The number of hydrogen-bond acceptors (Lipinski definition) is 2. The lowest BCUT2D eigenvalue weighted by molar-refractivity contribution is 0.466. The van der Waals surface area contributed by atoms with Crippen LogP contribution < -0.4 is 5.32 Å². The highest BCUT2D eigenvalue weighted by Gasteiger charge is 2.29. The van der Waals surface area contributed by atoms with Crippen LogP contribution in [0.3, 0.4) is 0 Å². The average molecular weight is 158 g/mol. The van der Waals surface area contributed by atoms with E-state index in [1.54, 1.807) is 0 Å². The Labute approximate surface area is 66.5 Å². The molecule has 3 heteroatoms. The summed E-state index contributed by atoms with van der Waals surface area (Å²) < 4.78 is 0. The van der Waals surface area contributed by atoms with Gasteiger partial charge in [0.2, 0.25) is 0 Å². The predicted octanol–water partition coefficient (Wildman–Crippen LogP) is 1.48. The van der Waals surface area contributed by atoms with Crippen LogP contribution in [0, 0.1) is 0 Å². The predicted molar refractivity (Wildman–Crippen MR) is 47.6 cm³/mol. The summed E-state index contributed by atoms with van der Waals surface area (Å²) in [5.41, 5.74) is 0.291. The van der Waals surface area contributed by atoms with Crippen LogP contribution in [0.1, 0.15) is 20.3 Å². The van der Waals surface area contributed by atoms with Crippen molar-refractivity contribution in [3.05, 3.63) is 0 Å². The molecule has 2 nitrogen and oxygen atoms in total. The maximum absolute atomic E-state index is 4.10. The molecule has 0 radical (unpaired) electrons. The average Bonchev–Trinajstić information content (AvgIpc) is 2.33. The molecule has 1 aliphatic heterocycles. The largest absolute Gasteiger partial charge is 0.359 e. The van der Waals surface area contributed by atoms with Crippen molar-refractivity contribution in [3.8, 4) is 0 Å². The van der Waals surface area contributed by atoms with Gasteiger partial charge in [-0.15, -0.1) is 0 Å². The molecule has 10 heavy (non-hydrogen) atoms. The first-order chi connectivity index (χ1) is 4.70. The second kappa shape index (κ2) is 2.82. The van der Waals surface area contributed by atoms with Gasteiger partial charge in [-0.05, 0) is 13.3 Å². The summed E-state index contributed by atoms with van der Waals surface area (Å²) in [6.07, 6.45) is 1.17. The third kappa shape index (κ3) is 1.45. The molecule has 0 aliphatic carbocycles. The molecule has 1 rings (SSSR count). The molecule has 0 saturated carbocycles. The van der Waals surface area contributed by atoms with E-state index in [-0.39, 0.29) is 0 Å². The summed E-state index contributed by atoms with van der Waals surface area (Å²) in [5.74, 6) is 1.15. The molecule has 1 N–H and O–H groups in total. The van der Waals surface area contributed by atoms with Crippen LogP contribution in [0.25, 0.3) is 0 Å². The molecule has 1 heterocycles. The lowest BCUT2D eigenvalue weighted by atomic mass is 10.0. The molecule has 0 spiro atoms. The maximum atomic E-state index is 4.10. The minimum atomic E-state index is 0.291. The monoisotopic (exact) mass is 158 g/mol. The fourth-order valence-corrected chi connectivity index (χ4v) is 2.05. The van der Waals surface area contributed by atoms with Crippen molar-refractivity contribution in [2.45, 2.75) is 25.8 Å². The van der Waals surface area contributed by atoms with Crippen molar-refractivity contribution >= 4 is 16.9 Å². The normalized spacial score (nSPS) is 36.5. The highest BCUT2D eigenvalue weighted by atomic mass is 32.2. The van der Waals surface area contributed by atoms with Gasteiger partial charge >= 0.3 is 0 Å². The fraction of sp³-hybridized carbons (Fsp3) is 0.857. The summed E-state index contributed by atoms with van der Waals surface area (Å²) in [6.45, 7) is 4.43. The van der Waals surface area contributed by atoms with E-state index in [1.165, 1.54) is 6.42 Å². The zero-order valence-electron chi connectivity index (χ0n) is 6.77. The lowest BCUT2D eigenvalue weighted by Crippen LogP contribution is -2.39. The molecule has 0 aromatic carbocycles. The van der Waals surface area contributed by atoms with Gasteiger partial charge in [-0.25, -0.2) is 0 Å². The van der Waals surface area contributed by atoms with E-state index in [0.717, 1.165) is 10.9 Å². The number of thioether (sulfide) groups is 1. The molecule has 0 amide bonds. The van der Waals surface area contributed by atoms with Crippen LogP contribution in [0.15, 0.2) is 4.99 Å². The number of nitrogens with zero attached hydrogens (tertiary/aromatic N) is 1. The molecule has 1 saturated heterocycles. The summed E-state index contributed by atoms with van der Waals surface area (Å²) in [5, 5.41) is 4.47. The van der Waals surface area contributed by atoms with E-state index in [1.807, 2.05) is 18.8 Å². The second-order valence-corrected chi connectivity index (χ2v) is 3.82. The number of rotatable bonds is 1. The van der Waals surface area contributed by atoms with Gasteiger partial charge in [-0.3, -0.25) is 4.99 Å². The Morgan fingerprint density at radius 1 is 1.80 bits per heavy atom. The Kier molecular flexibility index (Phi) is 2.24. The summed E-state index contributed by atoms with van der Waals surface area (Å²) in [7, 11) is 1.83. The zero-order chi connectivity index (χ0) is 7.61. The molecular formula is C7H14N2S. The van der Waals surface area contributed by atoms with Crippen LogP contribution in [0.2, 0.25) is 0 Å². The third-order valence-electron chi connectivity index (χ3n) is 1.92. The summed E-state index contributed by atoms with van der Waals surface area (Å²) in [4.78, 5) is 4.10. The SMILES string of the molecule is CCC1(C)CSC(=NC)N1. The van der Waals surface area contributed by atoms with Gasteiger partial charge < -0.3 is 5.32 Å². The third-order valence-corrected chi connectivity index (χ3v) is 3.26. The highest BCUT2D eigenvalue weighted by Crippen LogP contribution is 2.24. The van der Waals surface area contributed by atoms with Crippen LogP contribution in [-0.4, -0.2) is 23.5 Å². The van der Waals surface area contributed by atoms with Crippen molar-refractivity contribution in [3.63, 3.8) is 0 Å². The molecule has 1 fully saturated rings. The first-order valence-corrected chi connectivity index (χ1v) is 4.56. The lowest BCUT2D eigenvalue weighted by Gasteiger charge is -2.20. The van der Waals surface area contributed by atoms with Crippen LogP contribution in [0.4, 0.5) is 0 Å². The van der Waals surface area contributed by atoms with Crippen molar-refractivity contribution in [2.75, 3.05) is 12.8 Å². The first-order valence-electron chi connectivity index (χ1n) is 3.58. The van der Waals surface area contributed by atoms with Gasteiger partial charge in [0, 0.05) is 18.3 Å². The topological polar surface area (TPSA) is 24.4 Å². The quantitative estimate of drug-likeness (QED) is 0.625. The molecule has 1 atom stereocenters. The summed E-state index contributed by atoms with van der Waals surface area (Å²) >= 11 is 1.81. The molecule has 1 unspecified atom stereocenters. The Bertz CT molecular complexity index is 156. The van der Waals surface area contributed by atoms with Gasteiger partial charge in [0.25, 0.3) is 0 Å². The minimum absolute atomic E-state index is 0.291. The van der Waals surface area contributed by atoms with E-state index in [4.69, 9.17) is 0 Å². The Morgan fingerprint density at radius 2 is 2.50 bits per heavy atom. The Balaban J connectivity index is 2.57. The first kappa shape index (κ1) is 7.92. The van der Waals surface area contributed by atoms with Gasteiger partial charge in [-0.1, -0.05) is 18.7 Å². The number of hydrogen-bond donors (Lipinski definition) is 1. The zero-order valence-corrected chi connectivity index (χ0v) is 7.59. The molecule has 0 aromatic rings. The van der Waals surface area contributed by atoms with E-state index in [2.05, 4.69) is 24.2 Å². The van der Waals surface area contributed by atoms with E-state index in [9.17, 15) is 0 Å². The smallest absolute Gasteiger partial charge is 0.156 e. The van der Waals surface area contributed by atoms with Crippen LogP contribution >= 0.6 is 11.8 Å². The van der Waals surface area contributed by atoms with Gasteiger partial charge in [0.1, 0.15) is 0 Å². The van der Waals surface area contributed by atoms with E-state index in [0.29, 0.717) is 5.54 Å². The molecule has 0 bridgehead atoms.